The molecule has 0 bridgehead atoms. The molecule has 0 spiro atoms. The molecule has 0 fully saturated rings. The number of aromatic nitrogens is 1. The van der Waals surface area contributed by atoms with Gasteiger partial charge in [-0.15, -0.1) is 0 Å². The molecule has 1 amide bonds. The molecule has 0 unspecified atom stereocenters. The highest BCUT2D eigenvalue weighted by atomic mass is 32.2. The van der Waals surface area contributed by atoms with Gasteiger partial charge in [-0.05, 0) is 35.9 Å². The van der Waals surface area contributed by atoms with E-state index in [1.807, 2.05) is 12.1 Å². The summed E-state index contributed by atoms with van der Waals surface area (Å²) in [5.41, 5.74) is 2.64. The lowest BCUT2D eigenvalue weighted by molar-refractivity contribution is 0.102. The summed E-state index contributed by atoms with van der Waals surface area (Å²) in [4.78, 5) is 16.4. The summed E-state index contributed by atoms with van der Waals surface area (Å²) in [5.74, 6) is 0.572. The number of ether oxygens (including phenoxy) is 1. The largest absolute Gasteiger partial charge is 0.493 e. The first kappa shape index (κ1) is 16.4. The summed E-state index contributed by atoms with van der Waals surface area (Å²) in [6, 6.07) is 8.66. The van der Waals surface area contributed by atoms with E-state index in [1.165, 1.54) is 6.20 Å². The molecule has 1 aromatic carbocycles. The molecule has 0 atom stereocenters. The first-order chi connectivity index (χ1) is 11.4. The standard InChI is InChI=1S/C16H17N3O4S/c1-24(21,22)18-10-14-9-12(4-6-17-14)16(20)19-13-2-3-15-11(8-13)5-7-23-15/h2-4,6,8-9,18H,5,7,10H2,1H3,(H,19,20). The Kier molecular flexibility index (Phi) is 4.50. The highest BCUT2D eigenvalue weighted by molar-refractivity contribution is 7.88. The third-order valence-corrected chi connectivity index (χ3v) is 4.21. The van der Waals surface area contributed by atoms with Crippen molar-refractivity contribution >= 4 is 21.6 Å². The molecular weight excluding hydrogens is 330 g/mol. The highest BCUT2D eigenvalue weighted by Gasteiger charge is 2.14. The Bertz CT molecular complexity index is 881. The minimum absolute atomic E-state index is 0.0378. The van der Waals surface area contributed by atoms with Crippen molar-refractivity contribution < 1.29 is 17.9 Å². The predicted molar refractivity (Wildman–Crippen MR) is 89.5 cm³/mol. The van der Waals surface area contributed by atoms with E-state index in [2.05, 4.69) is 15.0 Å². The zero-order valence-corrected chi connectivity index (χ0v) is 13.9. The van der Waals surface area contributed by atoms with Crippen LogP contribution in [0.3, 0.4) is 0 Å². The molecule has 0 aliphatic carbocycles. The summed E-state index contributed by atoms with van der Waals surface area (Å²) in [7, 11) is -3.31. The van der Waals surface area contributed by atoms with Gasteiger partial charge in [0.1, 0.15) is 5.75 Å². The van der Waals surface area contributed by atoms with Gasteiger partial charge < -0.3 is 10.1 Å². The number of nitrogens with zero attached hydrogens (tertiary/aromatic N) is 1. The fraction of sp³-hybridized carbons (Fsp3) is 0.250. The molecule has 1 aliphatic heterocycles. The number of carbonyl (C=O) groups excluding carboxylic acids is 1. The fourth-order valence-electron chi connectivity index (χ4n) is 2.39. The molecule has 7 nitrogen and oxygen atoms in total. The van der Waals surface area contributed by atoms with Crippen molar-refractivity contribution in [3.63, 3.8) is 0 Å². The molecule has 1 aromatic heterocycles. The number of hydrogen-bond donors (Lipinski definition) is 2. The Hall–Kier alpha value is -2.45. The van der Waals surface area contributed by atoms with Gasteiger partial charge >= 0.3 is 0 Å². The molecule has 0 saturated carbocycles. The van der Waals surface area contributed by atoms with Gasteiger partial charge in [0.2, 0.25) is 10.0 Å². The minimum atomic E-state index is -3.31. The lowest BCUT2D eigenvalue weighted by Gasteiger charge is -2.08. The molecule has 1 aliphatic rings. The van der Waals surface area contributed by atoms with Gasteiger partial charge in [0.05, 0.1) is 25.1 Å². The van der Waals surface area contributed by atoms with Crippen LogP contribution in [0.1, 0.15) is 21.6 Å². The van der Waals surface area contributed by atoms with E-state index in [0.29, 0.717) is 23.6 Å². The van der Waals surface area contributed by atoms with Gasteiger partial charge in [-0.2, -0.15) is 0 Å². The Morgan fingerprint density at radius 3 is 2.92 bits per heavy atom. The second-order valence-electron chi connectivity index (χ2n) is 5.50. The number of fused-ring (bicyclic) bond motifs is 1. The van der Waals surface area contributed by atoms with Crippen LogP contribution in [0, 0.1) is 0 Å². The first-order valence-corrected chi connectivity index (χ1v) is 9.26. The number of hydrogen-bond acceptors (Lipinski definition) is 5. The van der Waals surface area contributed by atoms with Gasteiger partial charge in [-0.25, -0.2) is 13.1 Å². The van der Waals surface area contributed by atoms with E-state index < -0.39 is 10.0 Å². The van der Waals surface area contributed by atoms with Crippen molar-refractivity contribution in [2.24, 2.45) is 0 Å². The van der Waals surface area contributed by atoms with Crippen molar-refractivity contribution in [3.05, 3.63) is 53.3 Å². The van der Waals surface area contributed by atoms with E-state index in [0.717, 1.165) is 24.0 Å². The Balaban J connectivity index is 1.71. The molecule has 3 rings (SSSR count). The summed E-state index contributed by atoms with van der Waals surface area (Å²) in [6.45, 7) is 0.698. The topological polar surface area (TPSA) is 97.4 Å². The predicted octanol–water partition coefficient (Wildman–Crippen LogP) is 1.32. The molecule has 2 N–H and O–H groups in total. The average Bonchev–Trinajstić information content (AvgIpc) is 3.00. The van der Waals surface area contributed by atoms with Crippen LogP contribution in [0.4, 0.5) is 5.69 Å². The maximum Gasteiger partial charge on any atom is 0.255 e. The van der Waals surface area contributed by atoms with E-state index in [-0.39, 0.29) is 12.5 Å². The van der Waals surface area contributed by atoms with E-state index >= 15 is 0 Å². The minimum Gasteiger partial charge on any atom is -0.493 e. The van der Waals surface area contributed by atoms with Crippen LogP contribution in [0.25, 0.3) is 0 Å². The third kappa shape index (κ3) is 4.09. The number of pyridine rings is 1. The van der Waals surface area contributed by atoms with Crippen LogP contribution >= 0.6 is 0 Å². The van der Waals surface area contributed by atoms with Crippen molar-refractivity contribution in [2.45, 2.75) is 13.0 Å². The number of amides is 1. The quantitative estimate of drug-likeness (QED) is 0.850. The monoisotopic (exact) mass is 347 g/mol. The zero-order valence-electron chi connectivity index (χ0n) is 13.1. The summed E-state index contributed by atoms with van der Waals surface area (Å²) in [5, 5.41) is 2.83. The van der Waals surface area contributed by atoms with E-state index in [1.54, 1.807) is 18.2 Å². The number of benzene rings is 1. The second-order valence-corrected chi connectivity index (χ2v) is 7.34. The van der Waals surface area contributed by atoms with Crippen LogP contribution in [-0.2, 0) is 23.0 Å². The first-order valence-electron chi connectivity index (χ1n) is 7.37. The smallest absolute Gasteiger partial charge is 0.255 e. The number of rotatable bonds is 5. The molecule has 126 valence electrons. The van der Waals surface area contributed by atoms with Crippen molar-refractivity contribution in [1.29, 1.82) is 0 Å². The Morgan fingerprint density at radius 1 is 1.29 bits per heavy atom. The third-order valence-electron chi connectivity index (χ3n) is 3.54. The van der Waals surface area contributed by atoms with Crippen LogP contribution in [0.2, 0.25) is 0 Å². The highest BCUT2D eigenvalue weighted by Crippen LogP contribution is 2.28. The Morgan fingerprint density at radius 2 is 2.12 bits per heavy atom. The van der Waals surface area contributed by atoms with Crippen LogP contribution in [0.15, 0.2) is 36.5 Å². The van der Waals surface area contributed by atoms with E-state index in [4.69, 9.17) is 4.74 Å². The Labute approximate surface area is 140 Å². The second kappa shape index (κ2) is 6.58. The molecule has 24 heavy (non-hydrogen) atoms. The maximum atomic E-state index is 12.4. The van der Waals surface area contributed by atoms with Crippen molar-refractivity contribution in [1.82, 2.24) is 9.71 Å². The SMILES string of the molecule is CS(=O)(=O)NCc1cc(C(=O)Nc2ccc3c(c2)CCO3)ccn1. The molecule has 0 radical (unpaired) electrons. The van der Waals surface area contributed by atoms with Gasteiger partial charge in [-0.3, -0.25) is 9.78 Å². The van der Waals surface area contributed by atoms with Gasteiger partial charge in [0.15, 0.2) is 0 Å². The van der Waals surface area contributed by atoms with Crippen LogP contribution in [0.5, 0.6) is 5.75 Å². The van der Waals surface area contributed by atoms with Crippen molar-refractivity contribution in [3.8, 4) is 5.75 Å². The summed E-state index contributed by atoms with van der Waals surface area (Å²) >= 11 is 0. The average molecular weight is 347 g/mol. The summed E-state index contributed by atoms with van der Waals surface area (Å²) < 4.78 is 30.0. The normalized spacial score (nSPS) is 13.2. The van der Waals surface area contributed by atoms with Gasteiger partial charge in [-0.1, -0.05) is 0 Å². The number of carbonyl (C=O) groups is 1. The number of sulfonamides is 1. The zero-order chi connectivity index (χ0) is 17.2. The molecular formula is C16H17N3O4S. The molecule has 2 aromatic rings. The van der Waals surface area contributed by atoms with E-state index in [9.17, 15) is 13.2 Å². The molecule has 0 saturated heterocycles. The lowest BCUT2D eigenvalue weighted by atomic mass is 10.1. The van der Waals surface area contributed by atoms with Crippen LogP contribution in [-0.4, -0.2) is 32.2 Å². The van der Waals surface area contributed by atoms with Gasteiger partial charge in [0, 0.05) is 23.9 Å². The number of nitrogens with one attached hydrogen (secondary N) is 2. The maximum absolute atomic E-state index is 12.4. The summed E-state index contributed by atoms with van der Waals surface area (Å²) in [6.07, 6.45) is 3.38. The van der Waals surface area contributed by atoms with Crippen molar-refractivity contribution in [2.75, 3.05) is 18.2 Å². The molecule has 8 heteroatoms. The van der Waals surface area contributed by atoms with Crippen LogP contribution < -0.4 is 14.8 Å². The fourth-order valence-corrected chi connectivity index (χ4v) is 2.80. The van der Waals surface area contributed by atoms with Gasteiger partial charge in [0.25, 0.3) is 5.91 Å². The molecule has 2 heterocycles. The lowest BCUT2D eigenvalue weighted by Crippen LogP contribution is -2.22. The number of anilines is 1.